The van der Waals surface area contributed by atoms with Crippen LogP contribution < -0.4 is 5.32 Å². The number of rotatable bonds is 3. The van der Waals surface area contributed by atoms with Gasteiger partial charge in [-0.1, -0.05) is 6.07 Å². The monoisotopic (exact) mass is 271 g/mol. The van der Waals surface area contributed by atoms with Gasteiger partial charge in [-0.25, -0.2) is 0 Å². The summed E-state index contributed by atoms with van der Waals surface area (Å²) in [5.41, 5.74) is 1.80. The molecule has 3 rings (SSSR count). The van der Waals surface area contributed by atoms with Crippen LogP contribution in [0.2, 0.25) is 0 Å². The fraction of sp³-hybridized carbons (Fsp3) is 0.438. The second-order valence-electron chi connectivity index (χ2n) is 5.35. The van der Waals surface area contributed by atoms with Crippen molar-refractivity contribution in [2.45, 2.75) is 25.8 Å². The third-order valence-electron chi connectivity index (χ3n) is 4.15. The minimum atomic E-state index is 0.149. The zero-order valence-electron chi connectivity index (χ0n) is 11.9. The number of aromatic nitrogens is 1. The Kier molecular flexibility index (Phi) is 3.74. The third-order valence-corrected chi connectivity index (χ3v) is 4.15. The topological polar surface area (TPSA) is 48.1 Å². The summed E-state index contributed by atoms with van der Waals surface area (Å²) in [6.07, 6.45) is 4.00. The lowest BCUT2D eigenvalue weighted by Gasteiger charge is -2.34. The summed E-state index contributed by atoms with van der Waals surface area (Å²) in [5, 5.41) is 4.49. The molecule has 4 heteroatoms. The number of carbonyl (C=O) groups excluding carboxylic acids is 1. The Morgan fingerprint density at radius 1 is 1.30 bits per heavy atom. The van der Waals surface area contributed by atoms with Crippen molar-refractivity contribution in [2.75, 3.05) is 19.6 Å². The summed E-state index contributed by atoms with van der Waals surface area (Å²) in [5.74, 6) is 0.149. The average Bonchev–Trinajstić information content (AvgIpc) is 2.96. The Morgan fingerprint density at radius 2 is 2.10 bits per heavy atom. The van der Waals surface area contributed by atoms with Crippen LogP contribution in [0.25, 0.3) is 10.9 Å². The lowest BCUT2D eigenvalue weighted by atomic mass is 10.0. The summed E-state index contributed by atoms with van der Waals surface area (Å²) in [6, 6.07) is 8.29. The molecule has 0 atom stereocenters. The highest BCUT2D eigenvalue weighted by molar-refractivity contribution is 5.98. The molecule has 4 nitrogen and oxygen atoms in total. The number of fused-ring (bicyclic) bond motifs is 1. The van der Waals surface area contributed by atoms with Gasteiger partial charge in [-0.2, -0.15) is 0 Å². The molecule has 106 valence electrons. The maximum Gasteiger partial charge on any atom is 0.254 e. The Hall–Kier alpha value is -1.81. The first-order chi connectivity index (χ1) is 9.79. The number of piperidine rings is 1. The van der Waals surface area contributed by atoms with E-state index in [1.807, 2.05) is 35.4 Å². The summed E-state index contributed by atoms with van der Waals surface area (Å²) >= 11 is 0. The van der Waals surface area contributed by atoms with Gasteiger partial charge >= 0.3 is 0 Å². The largest absolute Gasteiger partial charge is 0.361 e. The molecule has 0 spiro atoms. The lowest BCUT2D eigenvalue weighted by molar-refractivity contribution is 0.0656. The van der Waals surface area contributed by atoms with Crippen LogP contribution in [0.3, 0.4) is 0 Å². The Bertz CT molecular complexity index is 599. The van der Waals surface area contributed by atoms with E-state index in [0.717, 1.165) is 48.9 Å². The molecule has 1 aliphatic rings. The zero-order chi connectivity index (χ0) is 13.9. The van der Waals surface area contributed by atoms with E-state index in [4.69, 9.17) is 0 Å². The maximum absolute atomic E-state index is 12.7. The molecule has 0 aliphatic carbocycles. The molecule has 1 aliphatic heterocycles. The average molecular weight is 271 g/mol. The molecule has 2 N–H and O–H groups in total. The molecular weight excluding hydrogens is 250 g/mol. The predicted octanol–water partition coefficient (Wildman–Crippen LogP) is 2.38. The number of H-pyrrole nitrogens is 1. The van der Waals surface area contributed by atoms with Gasteiger partial charge in [0.25, 0.3) is 5.91 Å². The number of nitrogens with zero attached hydrogens (tertiary/aromatic N) is 1. The molecule has 2 heterocycles. The van der Waals surface area contributed by atoms with Crippen LogP contribution in [-0.4, -0.2) is 41.5 Å². The fourth-order valence-corrected chi connectivity index (χ4v) is 3.03. The SMILES string of the molecule is CCN(C(=O)c1ccc2cc[nH]c2c1)C1CCNCC1. The first-order valence-electron chi connectivity index (χ1n) is 7.38. The van der Waals surface area contributed by atoms with Crippen LogP contribution in [0.1, 0.15) is 30.1 Å². The molecule has 1 saturated heterocycles. The van der Waals surface area contributed by atoms with Gasteiger partial charge in [-0.15, -0.1) is 0 Å². The van der Waals surface area contributed by atoms with Crippen LogP contribution in [0.15, 0.2) is 30.5 Å². The molecule has 1 aromatic heterocycles. The summed E-state index contributed by atoms with van der Waals surface area (Å²) in [7, 11) is 0. The summed E-state index contributed by atoms with van der Waals surface area (Å²) < 4.78 is 0. The van der Waals surface area contributed by atoms with E-state index in [9.17, 15) is 4.79 Å². The van der Waals surface area contributed by atoms with E-state index in [2.05, 4.69) is 17.2 Å². The van der Waals surface area contributed by atoms with Gasteiger partial charge in [0.2, 0.25) is 0 Å². The number of amides is 1. The Balaban J connectivity index is 1.84. The van der Waals surface area contributed by atoms with E-state index < -0.39 is 0 Å². The maximum atomic E-state index is 12.7. The molecule has 2 aromatic rings. The highest BCUT2D eigenvalue weighted by Crippen LogP contribution is 2.19. The normalized spacial score (nSPS) is 16.4. The van der Waals surface area contributed by atoms with E-state index in [-0.39, 0.29) is 5.91 Å². The van der Waals surface area contributed by atoms with Crippen molar-refractivity contribution in [2.24, 2.45) is 0 Å². The van der Waals surface area contributed by atoms with Gasteiger partial charge in [-0.05, 0) is 56.4 Å². The van der Waals surface area contributed by atoms with Crippen molar-refractivity contribution in [3.63, 3.8) is 0 Å². The minimum absolute atomic E-state index is 0.149. The first-order valence-corrected chi connectivity index (χ1v) is 7.38. The van der Waals surface area contributed by atoms with Crippen LogP contribution in [0, 0.1) is 0 Å². The van der Waals surface area contributed by atoms with Crippen molar-refractivity contribution in [1.82, 2.24) is 15.2 Å². The van der Waals surface area contributed by atoms with Gasteiger partial charge in [0.1, 0.15) is 0 Å². The predicted molar refractivity (Wildman–Crippen MR) is 80.9 cm³/mol. The van der Waals surface area contributed by atoms with Gasteiger partial charge in [0.05, 0.1) is 0 Å². The van der Waals surface area contributed by atoms with Gasteiger partial charge in [0.15, 0.2) is 0 Å². The van der Waals surface area contributed by atoms with Crippen molar-refractivity contribution in [3.8, 4) is 0 Å². The van der Waals surface area contributed by atoms with Gasteiger partial charge in [-0.3, -0.25) is 4.79 Å². The molecule has 1 amide bonds. The zero-order valence-corrected chi connectivity index (χ0v) is 11.9. The second-order valence-corrected chi connectivity index (χ2v) is 5.35. The Morgan fingerprint density at radius 3 is 2.85 bits per heavy atom. The number of benzene rings is 1. The van der Waals surface area contributed by atoms with Crippen molar-refractivity contribution >= 4 is 16.8 Å². The number of aromatic amines is 1. The molecule has 0 radical (unpaired) electrons. The molecule has 20 heavy (non-hydrogen) atoms. The third kappa shape index (κ3) is 2.43. The first kappa shape index (κ1) is 13.2. The molecule has 1 aromatic carbocycles. The van der Waals surface area contributed by atoms with E-state index in [1.165, 1.54) is 0 Å². The number of hydrogen-bond donors (Lipinski definition) is 2. The number of nitrogens with one attached hydrogen (secondary N) is 2. The van der Waals surface area contributed by atoms with Crippen molar-refractivity contribution < 1.29 is 4.79 Å². The van der Waals surface area contributed by atoms with Gasteiger partial charge < -0.3 is 15.2 Å². The number of carbonyl (C=O) groups is 1. The highest BCUT2D eigenvalue weighted by Gasteiger charge is 2.24. The summed E-state index contributed by atoms with van der Waals surface area (Å²) in [4.78, 5) is 17.9. The lowest BCUT2D eigenvalue weighted by Crippen LogP contribution is -2.46. The van der Waals surface area contributed by atoms with E-state index >= 15 is 0 Å². The molecule has 0 bridgehead atoms. The van der Waals surface area contributed by atoms with Crippen LogP contribution in [0.5, 0.6) is 0 Å². The van der Waals surface area contributed by atoms with Crippen molar-refractivity contribution in [3.05, 3.63) is 36.0 Å². The standard InChI is InChI=1S/C16H21N3O/c1-2-19(14-6-8-17-9-7-14)16(20)13-4-3-12-5-10-18-15(12)11-13/h3-5,10-11,14,17-18H,2,6-9H2,1H3. The molecule has 0 saturated carbocycles. The smallest absolute Gasteiger partial charge is 0.254 e. The van der Waals surface area contributed by atoms with E-state index in [1.54, 1.807) is 0 Å². The van der Waals surface area contributed by atoms with Crippen LogP contribution >= 0.6 is 0 Å². The van der Waals surface area contributed by atoms with Crippen molar-refractivity contribution in [1.29, 1.82) is 0 Å². The molecular formula is C16H21N3O. The fourth-order valence-electron chi connectivity index (χ4n) is 3.03. The van der Waals surface area contributed by atoms with E-state index in [0.29, 0.717) is 6.04 Å². The Labute approximate surface area is 119 Å². The van der Waals surface area contributed by atoms with Crippen LogP contribution in [-0.2, 0) is 0 Å². The highest BCUT2D eigenvalue weighted by atomic mass is 16.2. The quantitative estimate of drug-likeness (QED) is 0.900. The van der Waals surface area contributed by atoms with Crippen LogP contribution in [0.4, 0.5) is 0 Å². The number of hydrogen-bond acceptors (Lipinski definition) is 2. The second kappa shape index (κ2) is 5.67. The summed E-state index contributed by atoms with van der Waals surface area (Å²) in [6.45, 7) is 4.84. The minimum Gasteiger partial charge on any atom is -0.361 e. The molecule has 0 unspecified atom stereocenters. The molecule has 1 fully saturated rings. The van der Waals surface area contributed by atoms with Gasteiger partial charge in [0, 0.05) is 29.9 Å².